The number of aromatic nitrogens is 2. The summed E-state index contributed by atoms with van der Waals surface area (Å²) in [4.78, 5) is 10.7. The third-order valence-electron chi connectivity index (χ3n) is 5.57. The lowest BCUT2D eigenvalue weighted by Gasteiger charge is -2.31. The fourth-order valence-electron chi connectivity index (χ4n) is 3.92. The van der Waals surface area contributed by atoms with E-state index in [1.54, 1.807) is 12.1 Å². The van der Waals surface area contributed by atoms with E-state index in [2.05, 4.69) is 28.9 Å². The van der Waals surface area contributed by atoms with Gasteiger partial charge in [0, 0.05) is 19.0 Å². The van der Waals surface area contributed by atoms with Crippen LogP contribution in [0.2, 0.25) is 0 Å². The Bertz CT molecular complexity index is 1160. The number of nitriles is 1. The van der Waals surface area contributed by atoms with Crippen LogP contribution in [0.4, 0.5) is 0 Å². The molecule has 0 aliphatic carbocycles. The Hall–Kier alpha value is -2.69. The van der Waals surface area contributed by atoms with Crippen LogP contribution in [0.25, 0.3) is 11.0 Å². The smallest absolute Gasteiger partial charge is 0.179 e. The van der Waals surface area contributed by atoms with Gasteiger partial charge in [-0.25, -0.2) is 13.4 Å². The lowest BCUT2D eigenvalue weighted by molar-refractivity contribution is 0.215. The Morgan fingerprint density at radius 3 is 2.79 bits per heavy atom. The summed E-state index contributed by atoms with van der Waals surface area (Å²) in [6.45, 7) is 4.27. The number of nitrogens with zero attached hydrogens (tertiary/aromatic N) is 3. The van der Waals surface area contributed by atoms with Crippen LogP contribution in [-0.2, 0) is 9.84 Å². The van der Waals surface area contributed by atoms with Crippen molar-refractivity contribution in [2.45, 2.75) is 30.6 Å². The van der Waals surface area contributed by atoms with Gasteiger partial charge in [-0.3, -0.25) is 0 Å². The maximum Gasteiger partial charge on any atom is 0.179 e. The van der Waals surface area contributed by atoms with Crippen molar-refractivity contribution in [3.63, 3.8) is 0 Å². The van der Waals surface area contributed by atoms with E-state index in [9.17, 15) is 8.42 Å². The highest BCUT2D eigenvalue weighted by Crippen LogP contribution is 2.27. The van der Waals surface area contributed by atoms with Gasteiger partial charge in [-0.05, 0) is 68.3 Å². The molecule has 7 heteroatoms. The third kappa shape index (κ3) is 4.34. The number of H-pyrrole nitrogens is 1. The highest BCUT2D eigenvalue weighted by molar-refractivity contribution is 7.91. The average molecular weight is 409 g/mol. The Labute approximate surface area is 171 Å². The molecule has 0 saturated carbocycles. The number of nitrogens with one attached hydrogen (secondary N) is 1. The van der Waals surface area contributed by atoms with Crippen molar-refractivity contribution < 1.29 is 8.42 Å². The predicted octanol–water partition coefficient (Wildman–Crippen LogP) is 3.40. The molecule has 0 unspecified atom stereocenters. The van der Waals surface area contributed by atoms with Crippen LogP contribution >= 0.6 is 0 Å². The summed E-state index contributed by atoms with van der Waals surface area (Å²) in [5, 5.41) is 8.87. The Kier molecular flexibility index (Phi) is 5.39. The lowest BCUT2D eigenvalue weighted by Crippen LogP contribution is -2.37. The number of benzene rings is 2. The molecule has 1 aromatic heterocycles. The number of fused-ring (bicyclic) bond motifs is 1. The number of imidazole rings is 1. The first-order valence-corrected chi connectivity index (χ1v) is 11.5. The van der Waals surface area contributed by atoms with E-state index in [1.165, 1.54) is 17.7 Å². The van der Waals surface area contributed by atoms with Crippen LogP contribution in [0, 0.1) is 18.3 Å². The number of aryl methyl sites for hydroxylation is 1. The summed E-state index contributed by atoms with van der Waals surface area (Å²) in [5.74, 6) is 1.35. The second kappa shape index (κ2) is 7.97. The zero-order valence-corrected chi connectivity index (χ0v) is 17.2. The van der Waals surface area contributed by atoms with Crippen LogP contribution in [-0.4, -0.2) is 48.7 Å². The standard InChI is InChI=1S/C22H24N4O2S/c1-16-4-9-20-21(13-16)25-22(24-20)18-3-2-10-26(15-18)11-12-29(27,28)19-7-5-17(14-23)6-8-19/h4-9,13,18H,2-3,10-12,15H2,1H3,(H,24,25)/t18-/m1/s1. The van der Waals surface area contributed by atoms with E-state index in [1.807, 2.05) is 12.1 Å². The van der Waals surface area contributed by atoms with Crippen LogP contribution in [0.5, 0.6) is 0 Å². The molecule has 0 radical (unpaired) electrons. The van der Waals surface area contributed by atoms with Crippen molar-refractivity contribution in [2.24, 2.45) is 0 Å². The van der Waals surface area contributed by atoms with Gasteiger partial charge < -0.3 is 9.88 Å². The quantitative estimate of drug-likeness (QED) is 0.699. The van der Waals surface area contributed by atoms with Crippen LogP contribution < -0.4 is 0 Å². The van der Waals surface area contributed by atoms with E-state index in [-0.39, 0.29) is 16.6 Å². The normalized spacial score (nSPS) is 18.0. The maximum atomic E-state index is 12.6. The van der Waals surface area contributed by atoms with Crippen molar-refractivity contribution >= 4 is 20.9 Å². The molecule has 2 aromatic carbocycles. The zero-order chi connectivity index (χ0) is 20.4. The number of sulfone groups is 1. The number of rotatable bonds is 5. The van der Waals surface area contributed by atoms with Gasteiger partial charge in [0.1, 0.15) is 5.82 Å². The van der Waals surface area contributed by atoms with Crippen molar-refractivity contribution in [1.29, 1.82) is 5.26 Å². The van der Waals surface area contributed by atoms with Crippen LogP contribution in [0.1, 0.15) is 35.7 Å². The number of piperidine rings is 1. The van der Waals surface area contributed by atoms with Gasteiger partial charge in [-0.1, -0.05) is 6.07 Å². The molecule has 4 rings (SSSR count). The largest absolute Gasteiger partial charge is 0.342 e. The van der Waals surface area contributed by atoms with Crippen molar-refractivity contribution in [2.75, 3.05) is 25.4 Å². The minimum Gasteiger partial charge on any atom is -0.342 e. The first-order valence-electron chi connectivity index (χ1n) is 9.86. The summed E-state index contributed by atoms with van der Waals surface area (Å²) in [6, 6.07) is 14.4. The molecule has 1 aliphatic heterocycles. The minimum absolute atomic E-state index is 0.0744. The van der Waals surface area contributed by atoms with Crippen LogP contribution in [0.15, 0.2) is 47.4 Å². The van der Waals surface area contributed by atoms with Crippen molar-refractivity contribution in [3.05, 3.63) is 59.4 Å². The molecular formula is C22H24N4O2S. The lowest BCUT2D eigenvalue weighted by atomic mass is 9.97. The van der Waals surface area contributed by atoms with Gasteiger partial charge >= 0.3 is 0 Å². The summed E-state index contributed by atoms with van der Waals surface area (Å²) >= 11 is 0. The first kappa shape index (κ1) is 19.6. The van der Waals surface area contributed by atoms with E-state index in [0.29, 0.717) is 12.1 Å². The van der Waals surface area contributed by atoms with E-state index in [4.69, 9.17) is 10.2 Å². The van der Waals surface area contributed by atoms with Gasteiger partial charge in [-0.15, -0.1) is 0 Å². The molecule has 150 valence electrons. The predicted molar refractivity (Wildman–Crippen MR) is 112 cm³/mol. The Balaban J connectivity index is 1.42. The molecule has 1 N–H and O–H groups in total. The molecule has 1 aliphatic rings. The molecule has 0 spiro atoms. The molecule has 1 atom stereocenters. The van der Waals surface area contributed by atoms with Gasteiger partial charge in [0.15, 0.2) is 9.84 Å². The van der Waals surface area contributed by atoms with Gasteiger partial charge in [-0.2, -0.15) is 5.26 Å². The number of likely N-dealkylation sites (tertiary alicyclic amines) is 1. The summed E-state index contributed by atoms with van der Waals surface area (Å²) in [6.07, 6.45) is 2.08. The molecular weight excluding hydrogens is 384 g/mol. The van der Waals surface area contributed by atoms with Gasteiger partial charge in [0.2, 0.25) is 0 Å². The first-order chi connectivity index (χ1) is 13.9. The number of hydrogen-bond acceptors (Lipinski definition) is 5. The second-order valence-corrected chi connectivity index (χ2v) is 9.85. The monoisotopic (exact) mass is 408 g/mol. The van der Waals surface area contributed by atoms with Gasteiger partial charge in [0.05, 0.1) is 33.3 Å². The highest BCUT2D eigenvalue weighted by atomic mass is 32.2. The molecule has 0 amide bonds. The zero-order valence-electron chi connectivity index (χ0n) is 16.4. The maximum absolute atomic E-state index is 12.6. The average Bonchev–Trinajstić information content (AvgIpc) is 3.16. The minimum atomic E-state index is -3.37. The Morgan fingerprint density at radius 1 is 1.24 bits per heavy atom. The second-order valence-electron chi connectivity index (χ2n) is 7.74. The molecule has 29 heavy (non-hydrogen) atoms. The molecule has 0 bridgehead atoms. The Morgan fingerprint density at radius 2 is 2.03 bits per heavy atom. The van der Waals surface area contributed by atoms with Crippen molar-refractivity contribution in [3.8, 4) is 6.07 Å². The van der Waals surface area contributed by atoms with E-state index in [0.717, 1.165) is 42.8 Å². The molecule has 1 saturated heterocycles. The van der Waals surface area contributed by atoms with Crippen molar-refractivity contribution in [1.82, 2.24) is 14.9 Å². The number of aromatic amines is 1. The number of hydrogen-bond donors (Lipinski definition) is 1. The molecule has 2 heterocycles. The van der Waals surface area contributed by atoms with Crippen LogP contribution in [0.3, 0.4) is 0 Å². The molecule has 1 fully saturated rings. The fourth-order valence-corrected chi connectivity index (χ4v) is 5.21. The molecule has 6 nitrogen and oxygen atoms in total. The van der Waals surface area contributed by atoms with E-state index >= 15 is 0 Å². The highest BCUT2D eigenvalue weighted by Gasteiger charge is 2.25. The van der Waals surface area contributed by atoms with Gasteiger partial charge in [0.25, 0.3) is 0 Å². The van der Waals surface area contributed by atoms with E-state index < -0.39 is 9.84 Å². The summed E-state index contributed by atoms with van der Waals surface area (Å²) in [5.41, 5.74) is 3.70. The third-order valence-corrected chi connectivity index (χ3v) is 7.28. The fraction of sp³-hybridized carbons (Fsp3) is 0.364. The topological polar surface area (TPSA) is 89.8 Å². The SMILES string of the molecule is Cc1ccc2nc([C@@H]3CCCN(CCS(=O)(=O)c4ccc(C#N)cc4)C3)[nH]c2c1. The molecule has 3 aromatic rings. The summed E-state index contributed by atoms with van der Waals surface area (Å²) in [7, 11) is -3.37. The summed E-state index contributed by atoms with van der Waals surface area (Å²) < 4.78 is 25.3.